The molecule has 2 rings (SSSR count). The van der Waals surface area contributed by atoms with Crippen LogP contribution in [-0.2, 0) is 16.0 Å². The van der Waals surface area contributed by atoms with Crippen molar-refractivity contribution in [1.82, 2.24) is 14.9 Å². The Morgan fingerprint density at radius 1 is 1.25 bits per heavy atom. The van der Waals surface area contributed by atoms with E-state index in [0.717, 1.165) is 11.1 Å². The highest BCUT2D eigenvalue weighted by Gasteiger charge is 2.16. The van der Waals surface area contributed by atoms with Crippen LogP contribution in [0.1, 0.15) is 42.4 Å². The number of benzene rings is 1. The normalized spacial score (nSPS) is 11.0. The van der Waals surface area contributed by atoms with E-state index in [1.165, 1.54) is 13.3 Å². The van der Waals surface area contributed by atoms with Gasteiger partial charge in [0.05, 0.1) is 26.2 Å². The fraction of sp³-hybridized carbons (Fsp3) is 0.450. The summed E-state index contributed by atoms with van der Waals surface area (Å²) in [7, 11) is 1.34. The van der Waals surface area contributed by atoms with Crippen molar-refractivity contribution in [3.8, 4) is 5.75 Å². The van der Waals surface area contributed by atoms with Crippen molar-refractivity contribution in [3.05, 3.63) is 47.5 Å². The molecular formula is C20H27N3O5. The molecule has 28 heavy (non-hydrogen) atoms. The number of rotatable bonds is 7. The molecule has 0 atom stereocenters. The zero-order chi connectivity index (χ0) is 20.7. The molecule has 1 aromatic carbocycles. The van der Waals surface area contributed by atoms with Crippen molar-refractivity contribution in [2.75, 3.05) is 20.3 Å². The zero-order valence-corrected chi connectivity index (χ0v) is 16.9. The predicted octanol–water partition coefficient (Wildman–Crippen LogP) is 2.93. The minimum atomic E-state index is -0.535. The van der Waals surface area contributed by atoms with Crippen molar-refractivity contribution in [1.29, 1.82) is 0 Å². The molecule has 1 amide bonds. The first kappa shape index (κ1) is 21.3. The Bertz CT molecular complexity index is 823. The van der Waals surface area contributed by atoms with Crippen LogP contribution in [0, 0.1) is 6.92 Å². The number of nitrogens with one attached hydrogen (secondary N) is 1. The van der Waals surface area contributed by atoms with E-state index in [9.17, 15) is 9.59 Å². The zero-order valence-electron chi connectivity index (χ0n) is 16.9. The maximum Gasteiger partial charge on any atom is 0.407 e. The fourth-order valence-electron chi connectivity index (χ4n) is 2.52. The lowest BCUT2D eigenvalue weighted by Gasteiger charge is -2.20. The molecule has 1 N–H and O–H groups in total. The third kappa shape index (κ3) is 6.00. The first-order chi connectivity index (χ1) is 13.2. The highest BCUT2D eigenvalue weighted by molar-refractivity contribution is 5.87. The molecule has 0 saturated carbocycles. The van der Waals surface area contributed by atoms with E-state index < -0.39 is 17.7 Å². The molecule has 8 heteroatoms. The van der Waals surface area contributed by atoms with E-state index in [1.54, 1.807) is 10.9 Å². The molecule has 0 radical (unpaired) electrons. The number of esters is 1. The summed E-state index contributed by atoms with van der Waals surface area (Å²) in [6, 6.07) is 5.71. The van der Waals surface area contributed by atoms with Crippen LogP contribution in [0.2, 0.25) is 0 Å². The lowest BCUT2D eigenvalue weighted by Crippen LogP contribution is -2.34. The molecule has 152 valence electrons. The smallest absolute Gasteiger partial charge is 0.407 e. The Hall–Kier alpha value is -3.03. The van der Waals surface area contributed by atoms with E-state index >= 15 is 0 Å². The van der Waals surface area contributed by atoms with Crippen LogP contribution in [0.4, 0.5) is 4.79 Å². The van der Waals surface area contributed by atoms with Gasteiger partial charge in [-0.25, -0.2) is 14.6 Å². The lowest BCUT2D eigenvalue weighted by molar-refractivity contribution is 0.0518. The molecule has 0 bridgehead atoms. The van der Waals surface area contributed by atoms with Gasteiger partial charge in [-0.1, -0.05) is 12.1 Å². The average molecular weight is 389 g/mol. The maximum absolute atomic E-state index is 11.8. The summed E-state index contributed by atoms with van der Waals surface area (Å²) in [6.45, 7) is 8.47. The van der Waals surface area contributed by atoms with Gasteiger partial charge in [0.15, 0.2) is 0 Å². The third-order valence-electron chi connectivity index (χ3n) is 3.87. The Balaban J connectivity index is 1.95. The largest absolute Gasteiger partial charge is 0.491 e. The number of hydrogen-bond donors (Lipinski definition) is 1. The number of aromatic nitrogens is 2. The molecule has 0 fully saturated rings. The van der Waals surface area contributed by atoms with E-state index in [2.05, 4.69) is 10.3 Å². The molecule has 0 aliphatic heterocycles. The monoisotopic (exact) mass is 389 g/mol. The van der Waals surface area contributed by atoms with E-state index in [-0.39, 0.29) is 0 Å². The summed E-state index contributed by atoms with van der Waals surface area (Å²) in [4.78, 5) is 27.5. The molecule has 0 saturated heterocycles. The van der Waals surface area contributed by atoms with Gasteiger partial charge in [-0.2, -0.15) is 0 Å². The summed E-state index contributed by atoms with van der Waals surface area (Å²) in [6.07, 6.45) is 2.59. The SMILES string of the molecule is COC(=O)c1cncn1Cc1cccc(OCCNC(=O)OC(C)(C)C)c1C. The number of ether oxygens (including phenoxy) is 3. The van der Waals surface area contributed by atoms with Crippen LogP contribution in [-0.4, -0.2) is 47.5 Å². The number of methoxy groups -OCH3 is 1. The number of carbonyl (C=O) groups excluding carboxylic acids is 2. The van der Waals surface area contributed by atoms with Gasteiger partial charge in [0.2, 0.25) is 0 Å². The molecule has 1 heterocycles. The topological polar surface area (TPSA) is 91.7 Å². The number of amides is 1. The molecule has 0 spiro atoms. The minimum Gasteiger partial charge on any atom is -0.491 e. The molecular weight excluding hydrogens is 362 g/mol. The van der Waals surface area contributed by atoms with E-state index in [1.807, 2.05) is 45.9 Å². The summed E-state index contributed by atoms with van der Waals surface area (Å²) in [5.41, 5.74) is 1.78. The van der Waals surface area contributed by atoms with Crippen molar-refractivity contribution < 1.29 is 23.8 Å². The van der Waals surface area contributed by atoms with Crippen LogP contribution < -0.4 is 10.1 Å². The molecule has 8 nitrogen and oxygen atoms in total. The van der Waals surface area contributed by atoms with Crippen molar-refractivity contribution in [2.45, 2.75) is 39.8 Å². The maximum atomic E-state index is 11.8. The van der Waals surface area contributed by atoms with Gasteiger partial charge in [-0.05, 0) is 44.9 Å². The highest BCUT2D eigenvalue weighted by Crippen LogP contribution is 2.22. The number of alkyl carbamates (subject to hydrolysis) is 1. The molecule has 0 unspecified atom stereocenters. The molecule has 0 aliphatic rings. The molecule has 0 aliphatic carbocycles. The Morgan fingerprint density at radius 3 is 2.68 bits per heavy atom. The van der Waals surface area contributed by atoms with Crippen LogP contribution in [0.5, 0.6) is 5.75 Å². The number of imidazole rings is 1. The van der Waals surface area contributed by atoms with Gasteiger partial charge >= 0.3 is 12.1 Å². The molecule has 1 aromatic heterocycles. The van der Waals surface area contributed by atoms with Crippen LogP contribution in [0.15, 0.2) is 30.7 Å². The third-order valence-corrected chi connectivity index (χ3v) is 3.87. The summed E-state index contributed by atoms with van der Waals surface area (Å²) in [5, 5.41) is 2.66. The van der Waals surface area contributed by atoms with Gasteiger partial charge in [-0.3, -0.25) is 0 Å². The van der Waals surface area contributed by atoms with Crippen molar-refractivity contribution >= 4 is 12.1 Å². The summed E-state index contributed by atoms with van der Waals surface area (Å²) >= 11 is 0. The first-order valence-electron chi connectivity index (χ1n) is 8.98. The van der Waals surface area contributed by atoms with Crippen LogP contribution in [0.25, 0.3) is 0 Å². The number of nitrogens with zero attached hydrogens (tertiary/aromatic N) is 2. The van der Waals surface area contributed by atoms with Gasteiger partial charge in [0, 0.05) is 6.54 Å². The van der Waals surface area contributed by atoms with Crippen molar-refractivity contribution in [2.24, 2.45) is 0 Å². The Morgan fingerprint density at radius 2 is 2.00 bits per heavy atom. The van der Waals surface area contributed by atoms with Gasteiger partial charge in [0.1, 0.15) is 23.7 Å². The summed E-state index contributed by atoms with van der Waals surface area (Å²) in [5.74, 6) is 0.277. The predicted molar refractivity (Wildman–Crippen MR) is 104 cm³/mol. The first-order valence-corrected chi connectivity index (χ1v) is 8.98. The van der Waals surface area contributed by atoms with E-state index in [4.69, 9.17) is 14.2 Å². The quantitative estimate of drug-likeness (QED) is 0.578. The number of carbonyl (C=O) groups is 2. The standard InChI is InChI=1S/C20H27N3O5/c1-14-15(12-23-13-21-11-16(23)18(24)26-5)7-6-8-17(14)27-10-9-22-19(25)28-20(2,3)4/h6-8,11,13H,9-10,12H2,1-5H3,(H,22,25). The highest BCUT2D eigenvalue weighted by atomic mass is 16.6. The summed E-state index contributed by atoms with van der Waals surface area (Å²) < 4.78 is 17.5. The van der Waals surface area contributed by atoms with Gasteiger partial charge in [-0.15, -0.1) is 0 Å². The number of hydrogen-bond acceptors (Lipinski definition) is 6. The Kier molecular flexibility index (Phi) is 7.03. The van der Waals surface area contributed by atoms with Crippen LogP contribution in [0.3, 0.4) is 0 Å². The van der Waals surface area contributed by atoms with Crippen LogP contribution >= 0.6 is 0 Å². The second-order valence-electron chi connectivity index (χ2n) is 7.22. The second-order valence-corrected chi connectivity index (χ2v) is 7.22. The minimum absolute atomic E-state index is 0.308. The second kappa shape index (κ2) is 9.25. The van der Waals surface area contributed by atoms with Gasteiger partial charge < -0.3 is 24.1 Å². The molecule has 2 aromatic rings. The van der Waals surface area contributed by atoms with E-state index in [0.29, 0.717) is 31.1 Å². The van der Waals surface area contributed by atoms with Crippen molar-refractivity contribution in [3.63, 3.8) is 0 Å². The average Bonchev–Trinajstić information content (AvgIpc) is 3.07. The van der Waals surface area contributed by atoms with Gasteiger partial charge in [0.25, 0.3) is 0 Å². The fourth-order valence-corrected chi connectivity index (χ4v) is 2.52. The lowest BCUT2D eigenvalue weighted by atomic mass is 10.1. The Labute approximate surface area is 164 Å².